The molecule has 6 rings (SSSR count). The van der Waals surface area contributed by atoms with E-state index >= 15 is 0 Å². The predicted molar refractivity (Wildman–Crippen MR) is 151 cm³/mol. The molecule has 3 saturated heterocycles. The highest BCUT2D eigenvalue weighted by Crippen LogP contribution is 2.64. The van der Waals surface area contributed by atoms with Crippen molar-refractivity contribution in [1.29, 1.82) is 0 Å². The van der Waals surface area contributed by atoms with Gasteiger partial charge in [0.05, 0.1) is 30.1 Å². The number of likely N-dealkylation sites (tertiary alicyclic amines) is 1. The van der Waals surface area contributed by atoms with E-state index in [1.165, 1.54) is 4.90 Å². The van der Waals surface area contributed by atoms with Crippen molar-refractivity contribution >= 4 is 34.2 Å². The fraction of sp³-hybridized carbons (Fsp3) is 0.406. The SMILES string of the molecule is CC[C@]12CCC3(O1)C(C(=O)Nc1ccc4ccccc4c1)N([C@@H](CO)Cc1ccccc1)C(=O)[C@@H]3[C@H]2C(=O)NC. The van der Waals surface area contributed by atoms with Crippen LogP contribution in [0.2, 0.25) is 0 Å². The molecule has 3 amide bonds. The van der Waals surface area contributed by atoms with Gasteiger partial charge in [-0.25, -0.2) is 0 Å². The van der Waals surface area contributed by atoms with Gasteiger partial charge in [-0.3, -0.25) is 14.4 Å². The summed E-state index contributed by atoms with van der Waals surface area (Å²) in [5, 5.41) is 18.4. The summed E-state index contributed by atoms with van der Waals surface area (Å²) in [6, 6.07) is 21.5. The van der Waals surface area contributed by atoms with Crippen LogP contribution in [0.5, 0.6) is 0 Å². The molecule has 8 nitrogen and oxygen atoms in total. The topological polar surface area (TPSA) is 108 Å². The molecule has 3 aliphatic heterocycles. The average Bonchev–Trinajstić information content (AvgIpc) is 3.59. The molecule has 3 heterocycles. The largest absolute Gasteiger partial charge is 0.394 e. The Kier molecular flexibility index (Phi) is 6.63. The van der Waals surface area contributed by atoms with Crippen molar-refractivity contribution in [1.82, 2.24) is 10.2 Å². The van der Waals surface area contributed by atoms with Gasteiger partial charge in [-0.15, -0.1) is 0 Å². The number of nitrogens with one attached hydrogen (secondary N) is 2. The molecular weight excluding hydrogens is 506 g/mol. The number of anilines is 1. The van der Waals surface area contributed by atoms with E-state index in [4.69, 9.17) is 4.74 Å². The summed E-state index contributed by atoms with van der Waals surface area (Å²) in [4.78, 5) is 43.4. The fourth-order valence-corrected chi connectivity index (χ4v) is 7.52. The van der Waals surface area contributed by atoms with Gasteiger partial charge in [0.1, 0.15) is 11.6 Å². The number of amides is 3. The highest BCUT2D eigenvalue weighted by Gasteiger charge is 2.79. The Hall–Kier alpha value is -3.75. The number of hydrogen-bond donors (Lipinski definition) is 3. The molecule has 6 atom stereocenters. The van der Waals surface area contributed by atoms with Crippen molar-refractivity contribution in [2.45, 2.75) is 55.9 Å². The van der Waals surface area contributed by atoms with Gasteiger partial charge in [-0.05, 0) is 54.2 Å². The Morgan fingerprint density at radius 1 is 1.02 bits per heavy atom. The Labute approximate surface area is 233 Å². The number of hydrogen-bond acceptors (Lipinski definition) is 5. The summed E-state index contributed by atoms with van der Waals surface area (Å²) in [6.45, 7) is 1.64. The number of fused-ring (bicyclic) bond motifs is 2. The monoisotopic (exact) mass is 541 g/mol. The molecular formula is C32H35N3O5. The summed E-state index contributed by atoms with van der Waals surface area (Å²) >= 11 is 0. The van der Waals surface area contributed by atoms with Crippen LogP contribution in [0.3, 0.4) is 0 Å². The third-order valence-corrected chi connectivity index (χ3v) is 9.33. The second kappa shape index (κ2) is 10.0. The Morgan fingerprint density at radius 3 is 2.45 bits per heavy atom. The second-order valence-corrected chi connectivity index (χ2v) is 11.3. The molecule has 8 heteroatoms. The number of carbonyl (C=O) groups excluding carboxylic acids is 3. The summed E-state index contributed by atoms with van der Waals surface area (Å²) in [5.41, 5.74) is -0.409. The smallest absolute Gasteiger partial charge is 0.250 e. The summed E-state index contributed by atoms with van der Waals surface area (Å²) in [5.74, 6) is -2.44. The molecule has 3 aromatic carbocycles. The van der Waals surface area contributed by atoms with E-state index in [1.807, 2.05) is 79.7 Å². The van der Waals surface area contributed by atoms with Crippen molar-refractivity contribution in [3.05, 3.63) is 78.4 Å². The maximum atomic E-state index is 14.4. The van der Waals surface area contributed by atoms with Gasteiger partial charge in [0.2, 0.25) is 17.7 Å². The Morgan fingerprint density at radius 2 is 1.75 bits per heavy atom. The number of aliphatic hydroxyl groups excluding tert-OH is 1. The second-order valence-electron chi connectivity index (χ2n) is 11.3. The quantitative estimate of drug-likeness (QED) is 0.406. The zero-order chi connectivity index (χ0) is 28.1. The number of ether oxygens (including phenoxy) is 1. The van der Waals surface area contributed by atoms with Crippen LogP contribution in [0.25, 0.3) is 10.8 Å². The van der Waals surface area contributed by atoms with E-state index in [1.54, 1.807) is 7.05 Å². The summed E-state index contributed by atoms with van der Waals surface area (Å²) in [6.07, 6.45) is 2.00. The van der Waals surface area contributed by atoms with Crippen molar-refractivity contribution in [3.63, 3.8) is 0 Å². The highest BCUT2D eigenvalue weighted by atomic mass is 16.5. The molecule has 2 bridgehead atoms. The van der Waals surface area contributed by atoms with E-state index in [-0.39, 0.29) is 24.3 Å². The lowest BCUT2D eigenvalue weighted by Crippen LogP contribution is -2.57. The van der Waals surface area contributed by atoms with Crippen LogP contribution in [-0.2, 0) is 25.5 Å². The molecule has 0 aliphatic carbocycles. The van der Waals surface area contributed by atoms with Crippen molar-refractivity contribution in [3.8, 4) is 0 Å². The van der Waals surface area contributed by atoms with Gasteiger partial charge in [0.15, 0.2) is 0 Å². The lowest BCUT2D eigenvalue weighted by Gasteiger charge is -2.37. The molecule has 1 spiro atoms. The standard InChI is InChI=1S/C32H35N3O5/c1-3-31-15-16-32(40-31)26(25(31)28(37)33-2)30(39)35(24(19-36)17-20-9-5-4-6-10-20)27(32)29(38)34-23-14-13-21-11-7-8-12-22(21)18-23/h4-14,18,24-27,36H,3,15-17,19H2,1-2H3,(H,33,37)(H,34,38)/t24-,25+,26+,27?,31-,32?/m1/s1. The van der Waals surface area contributed by atoms with E-state index in [0.29, 0.717) is 31.4 Å². The van der Waals surface area contributed by atoms with Crippen LogP contribution in [0.4, 0.5) is 5.69 Å². The molecule has 3 aliphatic rings. The molecule has 0 radical (unpaired) electrons. The van der Waals surface area contributed by atoms with E-state index in [2.05, 4.69) is 10.6 Å². The maximum absolute atomic E-state index is 14.4. The molecule has 208 valence electrons. The Bertz CT molecular complexity index is 1460. The third-order valence-electron chi connectivity index (χ3n) is 9.33. The third kappa shape index (κ3) is 3.92. The molecule has 2 unspecified atom stereocenters. The fourth-order valence-electron chi connectivity index (χ4n) is 7.52. The minimum Gasteiger partial charge on any atom is -0.394 e. The minimum atomic E-state index is -1.16. The first-order valence-electron chi connectivity index (χ1n) is 14.1. The number of benzene rings is 3. The molecule has 3 aromatic rings. The van der Waals surface area contributed by atoms with Crippen molar-refractivity contribution in [2.24, 2.45) is 11.8 Å². The van der Waals surface area contributed by atoms with Gasteiger partial charge in [-0.1, -0.05) is 67.6 Å². The van der Waals surface area contributed by atoms with Gasteiger partial charge in [0.25, 0.3) is 0 Å². The minimum absolute atomic E-state index is 0.249. The molecule has 3 fully saturated rings. The van der Waals surface area contributed by atoms with E-state index < -0.39 is 35.1 Å². The van der Waals surface area contributed by atoms with Crippen LogP contribution in [0.15, 0.2) is 72.8 Å². The molecule has 0 aromatic heterocycles. The Balaban J connectivity index is 1.42. The maximum Gasteiger partial charge on any atom is 0.250 e. The van der Waals surface area contributed by atoms with Gasteiger partial charge < -0.3 is 25.4 Å². The zero-order valence-electron chi connectivity index (χ0n) is 22.8. The van der Waals surface area contributed by atoms with Crippen molar-refractivity contribution < 1.29 is 24.2 Å². The number of rotatable bonds is 8. The van der Waals surface area contributed by atoms with Crippen LogP contribution in [0, 0.1) is 11.8 Å². The lowest BCUT2D eigenvalue weighted by atomic mass is 9.65. The van der Waals surface area contributed by atoms with Crippen LogP contribution >= 0.6 is 0 Å². The van der Waals surface area contributed by atoms with Crippen LogP contribution < -0.4 is 10.6 Å². The first-order chi connectivity index (χ1) is 19.4. The average molecular weight is 542 g/mol. The van der Waals surface area contributed by atoms with Gasteiger partial charge in [0, 0.05) is 12.7 Å². The number of nitrogens with zero attached hydrogens (tertiary/aromatic N) is 1. The van der Waals surface area contributed by atoms with E-state index in [0.717, 1.165) is 16.3 Å². The molecule has 3 N–H and O–H groups in total. The van der Waals surface area contributed by atoms with E-state index in [9.17, 15) is 19.5 Å². The highest BCUT2D eigenvalue weighted by molar-refractivity contribution is 6.04. The van der Waals surface area contributed by atoms with Crippen molar-refractivity contribution in [2.75, 3.05) is 19.0 Å². The number of aliphatic hydroxyl groups is 1. The first kappa shape index (κ1) is 26.5. The van der Waals surface area contributed by atoms with Crippen LogP contribution in [0.1, 0.15) is 31.7 Å². The molecule has 0 saturated carbocycles. The number of carbonyl (C=O) groups is 3. The zero-order valence-corrected chi connectivity index (χ0v) is 22.8. The summed E-state index contributed by atoms with van der Waals surface area (Å²) in [7, 11) is 1.57. The summed E-state index contributed by atoms with van der Waals surface area (Å²) < 4.78 is 6.78. The normalized spacial score (nSPS) is 29.4. The predicted octanol–water partition coefficient (Wildman–Crippen LogP) is 3.28. The molecule has 40 heavy (non-hydrogen) atoms. The first-order valence-corrected chi connectivity index (χ1v) is 14.1. The lowest BCUT2D eigenvalue weighted by molar-refractivity contribution is -0.149. The van der Waals surface area contributed by atoms with Crippen LogP contribution in [-0.4, -0.2) is 64.7 Å². The van der Waals surface area contributed by atoms with Gasteiger partial charge >= 0.3 is 0 Å². The van der Waals surface area contributed by atoms with Gasteiger partial charge in [-0.2, -0.15) is 0 Å².